The van der Waals surface area contributed by atoms with Crippen LogP contribution in [0.25, 0.3) is 10.7 Å². The summed E-state index contributed by atoms with van der Waals surface area (Å²) in [7, 11) is 1.68. The fourth-order valence-electron chi connectivity index (χ4n) is 2.76. The summed E-state index contributed by atoms with van der Waals surface area (Å²) in [5.74, 6) is 0.0727. The van der Waals surface area contributed by atoms with Gasteiger partial charge in [-0.05, 0) is 36.8 Å². The van der Waals surface area contributed by atoms with Crippen molar-refractivity contribution in [2.45, 2.75) is 26.5 Å². The number of benzene rings is 1. The number of likely N-dealkylation sites (N-methyl/N-ethyl adjacent to an activating group) is 1. The molecule has 0 aliphatic carbocycles. The summed E-state index contributed by atoms with van der Waals surface area (Å²) in [5.41, 5.74) is 2.18. The summed E-state index contributed by atoms with van der Waals surface area (Å²) in [6.45, 7) is -0.583. The van der Waals surface area contributed by atoms with Crippen LogP contribution in [-0.2, 0) is 17.8 Å². The van der Waals surface area contributed by atoms with Crippen molar-refractivity contribution in [3.05, 3.63) is 59.2 Å². The zero-order chi connectivity index (χ0) is 21.5. The van der Waals surface area contributed by atoms with Crippen LogP contribution < -0.4 is 9.47 Å². The Morgan fingerprint density at radius 1 is 1.23 bits per heavy atom. The molecule has 0 aliphatic rings. The molecule has 2 aromatic heterocycles. The van der Waals surface area contributed by atoms with Gasteiger partial charge in [0.2, 0.25) is 5.91 Å². The van der Waals surface area contributed by atoms with E-state index >= 15 is 0 Å². The van der Waals surface area contributed by atoms with Crippen molar-refractivity contribution in [1.82, 2.24) is 14.9 Å². The highest BCUT2D eigenvalue weighted by molar-refractivity contribution is 7.13. The maximum atomic E-state index is 12.6. The molecular weight excluding hydrogens is 412 g/mol. The fourth-order valence-corrected chi connectivity index (χ4v) is 3.55. The molecule has 2 heterocycles. The molecule has 0 bridgehead atoms. The van der Waals surface area contributed by atoms with Crippen LogP contribution in [0.5, 0.6) is 11.5 Å². The number of nitrogens with zero attached hydrogens (tertiary/aromatic N) is 3. The lowest BCUT2D eigenvalue weighted by atomic mass is 10.2. The average molecular weight is 433 g/mol. The molecule has 0 fully saturated rings. The average Bonchev–Trinajstić information content (AvgIpc) is 3.19. The smallest absolute Gasteiger partial charge is 0.387 e. The molecule has 0 atom stereocenters. The normalized spacial score (nSPS) is 10.8. The number of amides is 1. The first-order valence-electron chi connectivity index (χ1n) is 9.26. The second kappa shape index (κ2) is 10.1. The first kappa shape index (κ1) is 21.6. The molecule has 158 valence electrons. The lowest BCUT2D eigenvalue weighted by Crippen LogP contribution is -2.27. The minimum atomic E-state index is -2.94. The molecule has 0 spiro atoms. The van der Waals surface area contributed by atoms with E-state index in [2.05, 4.69) is 14.7 Å². The summed E-state index contributed by atoms with van der Waals surface area (Å²) in [5, 5.41) is 2.61. The fraction of sp³-hybridized carbons (Fsp3) is 0.286. The SMILES string of the molecule is CCOc1cc(CN(C)C(=O)Cc2csc(-c3ccccn3)n2)ccc1OC(F)F. The molecule has 0 radical (unpaired) electrons. The van der Waals surface area contributed by atoms with Crippen LogP contribution in [0, 0.1) is 0 Å². The quantitative estimate of drug-likeness (QED) is 0.500. The molecule has 1 amide bonds. The van der Waals surface area contributed by atoms with Crippen LogP contribution in [0.15, 0.2) is 48.0 Å². The Morgan fingerprint density at radius 3 is 2.77 bits per heavy atom. The summed E-state index contributed by atoms with van der Waals surface area (Å²) in [6, 6.07) is 10.2. The molecule has 0 saturated carbocycles. The van der Waals surface area contributed by atoms with E-state index in [0.717, 1.165) is 16.3 Å². The van der Waals surface area contributed by atoms with E-state index in [4.69, 9.17) is 4.74 Å². The predicted molar refractivity (Wildman–Crippen MR) is 110 cm³/mol. The topological polar surface area (TPSA) is 64.5 Å². The van der Waals surface area contributed by atoms with Crippen molar-refractivity contribution in [2.75, 3.05) is 13.7 Å². The first-order valence-corrected chi connectivity index (χ1v) is 10.1. The molecular formula is C21H21F2N3O3S. The number of rotatable bonds is 9. The van der Waals surface area contributed by atoms with Gasteiger partial charge in [0, 0.05) is 25.2 Å². The molecule has 0 unspecified atom stereocenters. The number of hydrogen-bond acceptors (Lipinski definition) is 6. The van der Waals surface area contributed by atoms with Gasteiger partial charge in [-0.15, -0.1) is 11.3 Å². The highest BCUT2D eigenvalue weighted by Gasteiger charge is 2.16. The van der Waals surface area contributed by atoms with Crippen molar-refractivity contribution in [3.8, 4) is 22.2 Å². The van der Waals surface area contributed by atoms with E-state index in [1.807, 2.05) is 23.6 Å². The Hall–Kier alpha value is -3.07. The first-order chi connectivity index (χ1) is 14.5. The van der Waals surface area contributed by atoms with Crippen LogP contribution in [-0.4, -0.2) is 41.0 Å². The number of pyridine rings is 1. The summed E-state index contributed by atoms with van der Waals surface area (Å²) >= 11 is 1.44. The molecule has 1 aromatic carbocycles. The van der Waals surface area contributed by atoms with Gasteiger partial charge in [0.1, 0.15) is 5.01 Å². The maximum absolute atomic E-state index is 12.6. The Morgan fingerprint density at radius 2 is 2.07 bits per heavy atom. The molecule has 3 aromatic rings. The summed E-state index contributed by atoms with van der Waals surface area (Å²) < 4.78 is 34.9. The Bertz CT molecular complexity index is 983. The molecule has 0 saturated heterocycles. The van der Waals surface area contributed by atoms with Crippen molar-refractivity contribution >= 4 is 17.2 Å². The molecule has 0 N–H and O–H groups in total. The number of alkyl halides is 2. The van der Waals surface area contributed by atoms with Crippen molar-refractivity contribution in [3.63, 3.8) is 0 Å². The number of ether oxygens (including phenoxy) is 2. The monoisotopic (exact) mass is 433 g/mol. The zero-order valence-electron chi connectivity index (χ0n) is 16.5. The predicted octanol–water partition coefficient (Wildman–Crippen LogP) is 4.41. The molecule has 6 nitrogen and oxygen atoms in total. The van der Waals surface area contributed by atoms with E-state index in [-0.39, 0.29) is 23.8 Å². The van der Waals surface area contributed by atoms with Crippen LogP contribution >= 0.6 is 11.3 Å². The molecule has 9 heteroatoms. The highest BCUT2D eigenvalue weighted by atomic mass is 32.1. The third kappa shape index (κ3) is 5.73. The van der Waals surface area contributed by atoms with Gasteiger partial charge < -0.3 is 14.4 Å². The number of halogens is 2. The van der Waals surface area contributed by atoms with E-state index in [1.165, 1.54) is 17.4 Å². The Balaban J connectivity index is 1.64. The van der Waals surface area contributed by atoms with Gasteiger partial charge >= 0.3 is 6.61 Å². The number of aromatic nitrogens is 2. The molecule has 30 heavy (non-hydrogen) atoms. The van der Waals surface area contributed by atoms with Gasteiger partial charge in [-0.3, -0.25) is 9.78 Å². The minimum Gasteiger partial charge on any atom is -0.490 e. The summed E-state index contributed by atoms with van der Waals surface area (Å²) in [6.07, 6.45) is 1.86. The van der Waals surface area contributed by atoms with Gasteiger partial charge in [-0.2, -0.15) is 8.78 Å². The molecule has 3 rings (SSSR count). The third-order valence-corrected chi connectivity index (χ3v) is 5.05. The van der Waals surface area contributed by atoms with Gasteiger partial charge in [-0.25, -0.2) is 4.98 Å². The number of carbonyl (C=O) groups is 1. The van der Waals surface area contributed by atoms with Crippen LogP contribution in [0.3, 0.4) is 0 Å². The molecule has 0 aliphatic heterocycles. The van der Waals surface area contributed by atoms with Crippen LogP contribution in [0.2, 0.25) is 0 Å². The Labute approximate surface area is 177 Å². The number of carbonyl (C=O) groups excluding carboxylic acids is 1. The van der Waals surface area contributed by atoms with Crippen molar-refractivity contribution < 1.29 is 23.0 Å². The van der Waals surface area contributed by atoms with Crippen molar-refractivity contribution in [2.24, 2.45) is 0 Å². The van der Waals surface area contributed by atoms with E-state index in [0.29, 0.717) is 18.8 Å². The Kier molecular flexibility index (Phi) is 7.29. The van der Waals surface area contributed by atoms with Gasteiger partial charge in [0.25, 0.3) is 0 Å². The number of thiazole rings is 1. The van der Waals surface area contributed by atoms with Crippen molar-refractivity contribution in [1.29, 1.82) is 0 Å². The van der Waals surface area contributed by atoms with E-state index < -0.39 is 6.61 Å². The van der Waals surface area contributed by atoms with E-state index in [9.17, 15) is 13.6 Å². The minimum absolute atomic E-state index is 0.0332. The highest BCUT2D eigenvalue weighted by Crippen LogP contribution is 2.30. The maximum Gasteiger partial charge on any atom is 0.387 e. The van der Waals surface area contributed by atoms with Crippen LogP contribution in [0.4, 0.5) is 8.78 Å². The van der Waals surface area contributed by atoms with Gasteiger partial charge in [-0.1, -0.05) is 12.1 Å². The third-order valence-electron chi connectivity index (χ3n) is 4.14. The largest absolute Gasteiger partial charge is 0.490 e. The number of hydrogen-bond donors (Lipinski definition) is 0. The lowest BCUT2D eigenvalue weighted by Gasteiger charge is -2.18. The lowest BCUT2D eigenvalue weighted by molar-refractivity contribution is -0.129. The van der Waals surface area contributed by atoms with E-state index in [1.54, 1.807) is 37.2 Å². The second-order valence-electron chi connectivity index (χ2n) is 6.38. The zero-order valence-corrected chi connectivity index (χ0v) is 17.4. The van der Waals surface area contributed by atoms with Crippen LogP contribution in [0.1, 0.15) is 18.2 Å². The standard InChI is InChI=1S/C21H21F2N3O3S/c1-3-28-18-10-14(7-8-17(18)29-21(22)23)12-26(2)19(27)11-15-13-30-20(25-15)16-6-4-5-9-24-16/h4-10,13,21H,3,11-12H2,1-2H3. The second-order valence-corrected chi connectivity index (χ2v) is 7.24. The van der Waals surface area contributed by atoms with Gasteiger partial charge in [0.05, 0.1) is 24.4 Å². The van der Waals surface area contributed by atoms with Gasteiger partial charge in [0.15, 0.2) is 11.5 Å². The summed E-state index contributed by atoms with van der Waals surface area (Å²) in [4.78, 5) is 22.9.